The van der Waals surface area contributed by atoms with Crippen LogP contribution in [0.25, 0.3) is 16.8 Å². The SMILES string of the molecule is CCOc1cc(/C=C2\C(=O)NC(=O)N(c3ccc(OCc4ccccc4)cc3)C2=O)cc(Cl)c1OCc1c(C)ccc2ccccc12. The Labute approximate surface area is 277 Å². The monoisotopic (exact) mass is 646 g/mol. The molecule has 47 heavy (non-hydrogen) atoms. The Morgan fingerprint density at radius 3 is 2.32 bits per heavy atom. The highest BCUT2D eigenvalue weighted by Crippen LogP contribution is 2.39. The van der Waals surface area contributed by atoms with Crippen LogP contribution in [0, 0.1) is 6.92 Å². The molecule has 1 heterocycles. The van der Waals surface area contributed by atoms with Gasteiger partial charge in [-0.25, -0.2) is 9.69 Å². The average Bonchev–Trinajstić information content (AvgIpc) is 3.07. The molecular weight excluding hydrogens is 616 g/mol. The van der Waals surface area contributed by atoms with Crippen LogP contribution >= 0.6 is 11.6 Å². The van der Waals surface area contributed by atoms with E-state index in [1.54, 1.807) is 36.4 Å². The summed E-state index contributed by atoms with van der Waals surface area (Å²) in [5, 5.41) is 4.68. The summed E-state index contributed by atoms with van der Waals surface area (Å²) in [5.74, 6) is -0.344. The summed E-state index contributed by atoms with van der Waals surface area (Å²) in [5.41, 5.74) is 3.56. The van der Waals surface area contributed by atoms with Crippen molar-refractivity contribution in [1.29, 1.82) is 0 Å². The molecule has 1 aliphatic heterocycles. The largest absolute Gasteiger partial charge is 0.490 e. The molecule has 0 unspecified atom stereocenters. The summed E-state index contributed by atoms with van der Waals surface area (Å²) in [6.45, 7) is 4.80. The summed E-state index contributed by atoms with van der Waals surface area (Å²) in [4.78, 5) is 40.1. The summed E-state index contributed by atoms with van der Waals surface area (Å²) in [6.07, 6.45) is 1.38. The molecule has 1 aliphatic rings. The molecule has 5 aromatic carbocycles. The molecule has 236 valence electrons. The van der Waals surface area contributed by atoms with Gasteiger partial charge in [0.25, 0.3) is 11.8 Å². The minimum absolute atomic E-state index is 0.239. The fraction of sp³-hybridized carbons (Fsp3) is 0.132. The Balaban J connectivity index is 1.24. The van der Waals surface area contributed by atoms with Gasteiger partial charge in [0.15, 0.2) is 11.5 Å². The van der Waals surface area contributed by atoms with Crippen LogP contribution in [0.5, 0.6) is 17.2 Å². The van der Waals surface area contributed by atoms with Crippen molar-refractivity contribution in [2.75, 3.05) is 11.5 Å². The Kier molecular flexibility index (Phi) is 9.22. The van der Waals surface area contributed by atoms with Crippen molar-refractivity contribution in [3.63, 3.8) is 0 Å². The second-order valence-electron chi connectivity index (χ2n) is 10.9. The number of rotatable bonds is 10. The van der Waals surface area contributed by atoms with Crippen molar-refractivity contribution < 1.29 is 28.6 Å². The minimum Gasteiger partial charge on any atom is -0.490 e. The third kappa shape index (κ3) is 6.83. The number of aryl methyl sites for hydroxylation is 1. The van der Waals surface area contributed by atoms with Crippen molar-refractivity contribution in [3.05, 3.63) is 136 Å². The molecule has 0 spiro atoms. The fourth-order valence-electron chi connectivity index (χ4n) is 5.35. The molecular formula is C38H31ClN2O6. The number of halogens is 1. The van der Waals surface area contributed by atoms with Crippen molar-refractivity contribution in [2.24, 2.45) is 0 Å². The standard InChI is InChI=1S/C38H31ClN2O6/c1-3-45-34-21-26(20-33(39)35(34)47-23-32-24(2)13-14-27-11-7-8-12-30(27)32)19-31-36(42)40-38(44)41(37(31)43)28-15-17-29(18-16-28)46-22-25-9-5-4-6-10-25/h4-21H,3,22-23H2,1-2H3,(H,40,42,44)/b31-19+. The average molecular weight is 647 g/mol. The van der Waals surface area contributed by atoms with E-state index in [1.807, 2.05) is 62.4 Å². The maximum Gasteiger partial charge on any atom is 0.335 e. The predicted octanol–water partition coefficient (Wildman–Crippen LogP) is 8.02. The van der Waals surface area contributed by atoms with E-state index < -0.39 is 17.8 Å². The third-order valence-corrected chi connectivity index (χ3v) is 8.00. The van der Waals surface area contributed by atoms with E-state index in [0.29, 0.717) is 36.0 Å². The number of hydrogen-bond acceptors (Lipinski definition) is 6. The number of hydrogen-bond donors (Lipinski definition) is 1. The molecule has 0 atom stereocenters. The Bertz CT molecular complexity index is 2010. The van der Waals surface area contributed by atoms with E-state index in [1.165, 1.54) is 6.08 Å². The molecule has 1 saturated heterocycles. The zero-order valence-corrected chi connectivity index (χ0v) is 26.5. The van der Waals surface area contributed by atoms with E-state index in [9.17, 15) is 14.4 Å². The van der Waals surface area contributed by atoms with Crippen LogP contribution in [0.15, 0.2) is 109 Å². The van der Waals surface area contributed by atoms with Gasteiger partial charge in [-0.05, 0) is 83.8 Å². The maximum absolute atomic E-state index is 13.6. The lowest BCUT2D eigenvalue weighted by atomic mass is 10.0. The molecule has 1 fully saturated rings. The smallest absolute Gasteiger partial charge is 0.335 e. The zero-order chi connectivity index (χ0) is 32.9. The Morgan fingerprint density at radius 2 is 1.55 bits per heavy atom. The van der Waals surface area contributed by atoms with E-state index in [4.69, 9.17) is 25.8 Å². The second kappa shape index (κ2) is 13.8. The molecule has 0 radical (unpaired) electrons. The minimum atomic E-state index is -0.851. The molecule has 0 saturated carbocycles. The van der Waals surface area contributed by atoms with Crippen LogP contribution in [0.4, 0.5) is 10.5 Å². The summed E-state index contributed by atoms with van der Waals surface area (Å²) in [6, 6.07) is 30.8. The second-order valence-corrected chi connectivity index (χ2v) is 11.3. The molecule has 9 heteroatoms. The molecule has 0 aliphatic carbocycles. The number of carbonyl (C=O) groups is 3. The number of ether oxygens (including phenoxy) is 3. The van der Waals surface area contributed by atoms with E-state index in [-0.39, 0.29) is 22.9 Å². The normalized spacial score (nSPS) is 14.0. The molecule has 1 N–H and O–H groups in total. The first-order valence-electron chi connectivity index (χ1n) is 15.1. The molecule has 6 rings (SSSR count). The van der Waals surface area contributed by atoms with Crippen LogP contribution in [-0.2, 0) is 22.8 Å². The molecule has 8 nitrogen and oxygen atoms in total. The van der Waals surface area contributed by atoms with Crippen molar-refractivity contribution >= 4 is 52.0 Å². The van der Waals surface area contributed by atoms with Gasteiger partial charge < -0.3 is 14.2 Å². The highest BCUT2D eigenvalue weighted by molar-refractivity contribution is 6.39. The van der Waals surface area contributed by atoms with Gasteiger partial charge in [0, 0.05) is 5.56 Å². The van der Waals surface area contributed by atoms with Gasteiger partial charge in [-0.2, -0.15) is 0 Å². The first-order chi connectivity index (χ1) is 22.8. The van der Waals surface area contributed by atoms with Gasteiger partial charge >= 0.3 is 6.03 Å². The lowest BCUT2D eigenvalue weighted by Gasteiger charge is -2.26. The molecule has 0 bridgehead atoms. The van der Waals surface area contributed by atoms with Gasteiger partial charge in [-0.15, -0.1) is 0 Å². The van der Waals surface area contributed by atoms with E-state index in [2.05, 4.69) is 23.5 Å². The van der Waals surface area contributed by atoms with Gasteiger partial charge in [-0.3, -0.25) is 14.9 Å². The number of barbiturate groups is 1. The third-order valence-electron chi connectivity index (χ3n) is 7.72. The number of benzene rings is 5. The van der Waals surface area contributed by atoms with Gasteiger partial charge in [-0.1, -0.05) is 78.3 Å². The van der Waals surface area contributed by atoms with Crippen molar-refractivity contribution in [3.8, 4) is 17.2 Å². The lowest BCUT2D eigenvalue weighted by Crippen LogP contribution is -2.54. The van der Waals surface area contributed by atoms with E-state index >= 15 is 0 Å². The first-order valence-corrected chi connectivity index (χ1v) is 15.4. The summed E-state index contributed by atoms with van der Waals surface area (Å²) in [7, 11) is 0. The number of imide groups is 2. The lowest BCUT2D eigenvalue weighted by molar-refractivity contribution is -0.122. The number of nitrogens with zero attached hydrogens (tertiary/aromatic N) is 1. The van der Waals surface area contributed by atoms with Crippen LogP contribution in [0.2, 0.25) is 5.02 Å². The predicted molar refractivity (Wildman–Crippen MR) is 182 cm³/mol. The van der Waals surface area contributed by atoms with Crippen LogP contribution in [0.1, 0.15) is 29.2 Å². The first kappa shape index (κ1) is 31.4. The number of carbonyl (C=O) groups excluding carboxylic acids is 3. The fourth-order valence-corrected chi connectivity index (χ4v) is 5.62. The van der Waals surface area contributed by atoms with Gasteiger partial charge in [0.2, 0.25) is 0 Å². The van der Waals surface area contributed by atoms with Crippen molar-refractivity contribution in [2.45, 2.75) is 27.1 Å². The highest BCUT2D eigenvalue weighted by atomic mass is 35.5. The Hall–Kier alpha value is -5.60. The zero-order valence-electron chi connectivity index (χ0n) is 25.8. The summed E-state index contributed by atoms with van der Waals surface area (Å²) >= 11 is 6.72. The number of fused-ring (bicyclic) bond motifs is 1. The number of anilines is 1. The van der Waals surface area contributed by atoms with Crippen LogP contribution in [-0.4, -0.2) is 24.5 Å². The van der Waals surface area contributed by atoms with E-state index in [0.717, 1.165) is 32.4 Å². The number of urea groups is 1. The summed E-state index contributed by atoms with van der Waals surface area (Å²) < 4.78 is 17.9. The number of nitrogens with one attached hydrogen (secondary N) is 1. The molecule has 5 aromatic rings. The maximum atomic E-state index is 13.6. The number of amides is 4. The van der Waals surface area contributed by atoms with Crippen LogP contribution in [0.3, 0.4) is 0 Å². The van der Waals surface area contributed by atoms with Gasteiger partial charge in [0.1, 0.15) is 24.5 Å². The quantitative estimate of drug-likeness (QED) is 0.122. The van der Waals surface area contributed by atoms with Crippen LogP contribution < -0.4 is 24.4 Å². The van der Waals surface area contributed by atoms with Gasteiger partial charge in [0.05, 0.1) is 17.3 Å². The molecule has 4 amide bonds. The molecule has 0 aromatic heterocycles. The highest BCUT2D eigenvalue weighted by Gasteiger charge is 2.37. The Morgan fingerprint density at radius 1 is 0.809 bits per heavy atom. The van der Waals surface area contributed by atoms with Crippen molar-refractivity contribution in [1.82, 2.24) is 5.32 Å². The topological polar surface area (TPSA) is 94.2 Å².